The summed E-state index contributed by atoms with van der Waals surface area (Å²) < 4.78 is 11.1. The molecule has 1 aromatic heterocycles. The lowest BCUT2D eigenvalue weighted by Gasteiger charge is -2.23. The van der Waals surface area contributed by atoms with Crippen LogP contribution in [-0.2, 0) is 9.53 Å². The standard InChI is InChI=1S/C16H23NO3/c1-12-4-6-15(20-12)14-3-2-9-17(14)16(18)7-5-13-8-10-19-11-13/h4,6,13-14H,2-3,5,7-11H2,1H3. The summed E-state index contributed by atoms with van der Waals surface area (Å²) in [7, 11) is 0. The molecular formula is C16H23NO3. The highest BCUT2D eigenvalue weighted by atomic mass is 16.5. The van der Waals surface area contributed by atoms with E-state index in [1.165, 1.54) is 0 Å². The Bertz CT molecular complexity index is 462. The van der Waals surface area contributed by atoms with Crippen LogP contribution in [-0.4, -0.2) is 30.6 Å². The van der Waals surface area contributed by atoms with Gasteiger partial charge in [-0.2, -0.15) is 0 Å². The van der Waals surface area contributed by atoms with Gasteiger partial charge in [-0.3, -0.25) is 4.79 Å². The fourth-order valence-electron chi connectivity index (χ4n) is 3.28. The van der Waals surface area contributed by atoms with Gasteiger partial charge in [0.1, 0.15) is 11.5 Å². The van der Waals surface area contributed by atoms with Crippen molar-refractivity contribution in [3.05, 3.63) is 23.7 Å². The average molecular weight is 277 g/mol. The number of aryl methyl sites for hydroxylation is 1. The van der Waals surface area contributed by atoms with Gasteiger partial charge in [0.15, 0.2) is 0 Å². The second kappa shape index (κ2) is 6.00. The predicted molar refractivity (Wildman–Crippen MR) is 75.3 cm³/mol. The molecule has 2 atom stereocenters. The van der Waals surface area contributed by atoms with Crippen molar-refractivity contribution >= 4 is 5.91 Å². The first-order valence-electron chi connectivity index (χ1n) is 7.67. The molecule has 2 aliphatic rings. The van der Waals surface area contributed by atoms with Gasteiger partial charge in [-0.05, 0) is 50.7 Å². The van der Waals surface area contributed by atoms with Gasteiger partial charge in [0.05, 0.1) is 6.04 Å². The number of carbonyl (C=O) groups is 1. The van der Waals surface area contributed by atoms with Crippen molar-refractivity contribution < 1.29 is 13.9 Å². The third-order valence-corrected chi connectivity index (χ3v) is 4.45. The maximum Gasteiger partial charge on any atom is 0.223 e. The third-order valence-electron chi connectivity index (χ3n) is 4.45. The third kappa shape index (κ3) is 2.90. The van der Waals surface area contributed by atoms with Crippen molar-refractivity contribution in [2.45, 2.75) is 45.1 Å². The van der Waals surface area contributed by atoms with E-state index in [-0.39, 0.29) is 11.9 Å². The Morgan fingerprint density at radius 2 is 2.30 bits per heavy atom. The molecule has 0 radical (unpaired) electrons. The second-order valence-corrected chi connectivity index (χ2v) is 5.96. The van der Waals surface area contributed by atoms with Crippen LogP contribution >= 0.6 is 0 Å². The Hall–Kier alpha value is -1.29. The molecule has 0 N–H and O–H groups in total. The summed E-state index contributed by atoms with van der Waals surface area (Å²) >= 11 is 0. The van der Waals surface area contributed by atoms with Gasteiger partial charge in [-0.1, -0.05) is 0 Å². The average Bonchev–Trinajstić information content (AvgIpc) is 3.16. The molecule has 0 aromatic carbocycles. The summed E-state index contributed by atoms with van der Waals surface area (Å²) in [5, 5.41) is 0. The van der Waals surface area contributed by atoms with Gasteiger partial charge in [0.2, 0.25) is 5.91 Å². The molecule has 0 bridgehead atoms. The maximum absolute atomic E-state index is 12.4. The van der Waals surface area contributed by atoms with E-state index in [2.05, 4.69) is 0 Å². The molecule has 1 amide bonds. The Morgan fingerprint density at radius 3 is 3.00 bits per heavy atom. The van der Waals surface area contributed by atoms with Gasteiger partial charge in [0.25, 0.3) is 0 Å². The van der Waals surface area contributed by atoms with Crippen molar-refractivity contribution in [1.82, 2.24) is 4.90 Å². The molecule has 0 aliphatic carbocycles. The molecule has 4 heteroatoms. The topological polar surface area (TPSA) is 42.7 Å². The number of hydrogen-bond donors (Lipinski definition) is 0. The lowest BCUT2D eigenvalue weighted by atomic mass is 10.0. The minimum absolute atomic E-state index is 0.149. The zero-order chi connectivity index (χ0) is 13.9. The van der Waals surface area contributed by atoms with Crippen LogP contribution in [0.3, 0.4) is 0 Å². The Balaban J connectivity index is 1.58. The first-order valence-corrected chi connectivity index (χ1v) is 7.67. The Labute approximate surface area is 120 Å². The zero-order valence-electron chi connectivity index (χ0n) is 12.1. The lowest BCUT2D eigenvalue weighted by molar-refractivity contribution is -0.132. The fourth-order valence-corrected chi connectivity index (χ4v) is 3.28. The van der Waals surface area contributed by atoms with Crippen molar-refractivity contribution in [2.75, 3.05) is 19.8 Å². The molecule has 20 heavy (non-hydrogen) atoms. The van der Waals surface area contributed by atoms with Crippen LogP contribution < -0.4 is 0 Å². The summed E-state index contributed by atoms with van der Waals surface area (Å²) in [6, 6.07) is 4.14. The fraction of sp³-hybridized carbons (Fsp3) is 0.688. The molecule has 4 nitrogen and oxygen atoms in total. The van der Waals surface area contributed by atoms with Crippen LogP contribution in [0.2, 0.25) is 0 Å². The molecule has 3 rings (SSSR count). The van der Waals surface area contributed by atoms with E-state index in [4.69, 9.17) is 9.15 Å². The highest BCUT2D eigenvalue weighted by molar-refractivity contribution is 5.77. The number of nitrogens with zero attached hydrogens (tertiary/aromatic N) is 1. The van der Waals surface area contributed by atoms with Gasteiger partial charge < -0.3 is 14.1 Å². The summed E-state index contributed by atoms with van der Waals surface area (Å²) in [5.74, 6) is 2.71. The Kier molecular flexibility index (Phi) is 4.10. The quantitative estimate of drug-likeness (QED) is 0.849. The minimum atomic E-state index is 0.149. The molecule has 2 saturated heterocycles. The van der Waals surface area contributed by atoms with Crippen LogP contribution in [0.15, 0.2) is 16.5 Å². The predicted octanol–water partition coefficient (Wildman–Crippen LogP) is 3.07. The van der Waals surface area contributed by atoms with Crippen molar-refractivity contribution in [3.8, 4) is 0 Å². The molecular weight excluding hydrogens is 254 g/mol. The van der Waals surface area contributed by atoms with E-state index in [1.807, 2.05) is 24.0 Å². The maximum atomic E-state index is 12.4. The first-order chi connectivity index (χ1) is 9.74. The van der Waals surface area contributed by atoms with Crippen LogP contribution in [0.25, 0.3) is 0 Å². The molecule has 110 valence electrons. The number of furan rings is 1. The van der Waals surface area contributed by atoms with Crippen molar-refractivity contribution in [1.29, 1.82) is 0 Å². The summed E-state index contributed by atoms with van der Waals surface area (Å²) in [4.78, 5) is 14.4. The molecule has 2 aliphatic heterocycles. The number of rotatable bonds is 4. The molecule has 3 heterocycles. The monoisotopic (exact) mass is 277 g/mol. The number of carbonyl (C=O) groups excluding carboxylic acids is 1. The van der Waals surface area contributed by atoms with E-state index >= 15 is 0 Å². The second-order valence-electron chi connectivity index (χ2n) is 5.96. The van der Waals surface area contributed by atoms with Crippen molar-refractivity contribution in [3.63, 3.8) is 0 Å². The molecule has 2 unspecified atom stereocenters. The van der Waals surface area contributed by atoms with Crippen LogP contribution in [0.5, 0.6) is 0 Å². The lowest BCUT2D eigenvalue weighted by Crippen LogP contribution is -2.30. The highest BCUT2D eigenvalue weighted by Gasteiger charge is 2.32. The highest BCUT2D eigenvalue weighted by Crippen LogP contribution is 2.33. The van der Waals surface area contributed by atoms with E-state index in [9.17, 15) is 4.79 Å². The molecule has 0 spiro atoms. The van der Waals surface area contributed by atoms with Crippen LogP contribution in [0.4, 0.5) is 0 Å². The molecule has 0 saturated carbocycles. The largest absolute Gasteiger partial charge is 0.464 e. The molecule has 1 aromatic rings. The number of amides is 1. The number of hydrogen-bond acceptors (Lipinski definition) is 3. The smallest absolute Gasteiger partial charge is 0.223 e. The summed E-state index contributed by atoms with van der Waals surface area (Å²) in [5.41, 5.74) is 0. The number of ether oxygens (including phenoxy) is 1. The van der Waals surface area contributed by atoms with E-state index < -0.39 is 0 Å². The van der Waals surface area contributed by atoms with Crippen molar-refractivity contribution in [2.24, 2.45) is 5.92 Å². The summed E-state index contributed by atoms with van der Waals surface area (Å²) in [6.45, 7) is 4.50. The summed E-state index contributed by atoms with van der Waals surface area (Å²) in [6.07, 6.45) is 4.80. The van der Waals surface area contributed by atoms with Gasteiger partial charge in [-0.15, -0.1) is 0 Å². The van der Waals surface area contributed by atoms with Crippen LogP contribution in [0, 0.1) is 12.8 Å². The molecule has 2 fully saturated rings. The number of likely N-dealkylation sites (tertiary alicyclic amines) is 1. The Morgan fingerprint density at radius 1 is 1.40 bits per heavy atom. The normalized spacial score (nSPS) is 26.4. The van der Waals surface area contributed by atoms with E-state index in [1.54, 1.807) is 0 Å². The van der Waals surface area contributed by atoms with E-state index in [0.29, 0.717) is 12.3 Å². The SMILES string of the molecule is Cc1ccc(C2CCCN2C(=O)CCC2CCOC2)o1. The van der Waals surface area contributed by atoms with Crippen LogP contribution in [0.1, 0.15) is 49.7 Å². The van der Waals surface area contributed by atoms with Gasteiger partial charge >= 0.3 is 0 Å². The first kappa shape index (κ1) is 13.7. The van der Waals surface area contributed by atoms with Gasteiger partial charge in [0, 0.05) is 26.2 Å². The zero-order valence-corrected chi connectivity index (χ0v) is 12.1. The van der Waals surface area contributed by atoms with Gasteiger partial charge in [-0.25, -0.2) is 0 Å². The minimum Gasteiger partial charge on any atom is -0.464 e. The van der Waals surface area contributed by atoms with E-state index in [0.717, 1.165) is 57.0 Å².